The van der Waals surface area contributed by atoms with Gasteiger partial charge in [-0.2, -0.15) is 4.39 Å². The number of hydrogen-bond donors (Lipinski definition) is 0. The van der Waals surface area contributed by atoms with Gasteiger partial charge in [-0.15, -0.1) is 0 Å². The van der Waals surface area contributed by atoms with Gasteiger partial charge < -0.3 is 4.74 Å². The molecule has 12 aromatic carbocycles. The molecule has 0 fully saturated rings. The van der Waals surface area contributed by atoms with Gasteiger partial charge in [-0.05, 0) is 192 Å². The molecular formula is C102H90F20N2O. The average molecular weight is 1740 g/mol. The first-order chi connectivity index (χ1) is 60.0. The van der Waals surface area contributed by atoms with Gasteiger partial charge in [-0.3, -0.25) is 9.97 Å². The first-order valence-electron chi connectivity index (χ1n) is 41.3. The number of unbranched alkanes of at least 4 members (excludes halogenated alkanes) is 6. The molecule has 23 heteroatoms. The smallest absolute Gasteiger partial charge is 0.201 e. The zero-order valence-corrected chi connectivity index (χ0v) is 69.7. The van der Waals surface area contributed by atoms with Crippen molar-refractivity contribution >= 4 is 0 Å². The molecule has 3 nitrogen and oxygen atoms in total. The van der Waals surface area contributed by atoms with E-state index in [1.54, 1.807) is 67.6 Å². The second-order valence-electron chi connectivity index (χ2n) is 30.2. The van der Waals surface area contributed by atoms with Crippen LogP contribution < -0.4 is 4.74 Å². The van der Waals surface area contributed by atoms with Gasteiger partial charge in [0.05, 0.1) is 35.3 Å². The number of fused-ring (bicyclic) bond motifs is 3. The van der Waals surface area contributed by atoms with Gasteiger partial charge in [0.2, 0.25) is 5.82 Å². The Morgan fingerprint density at radius 2 is 0.712 bits per heavy atom. The summed E-state index contributed by atoms with van der Waals surface area (Å²) < 4.78 is 284. The van der Waals surface area contributed by atoms with Crippen molar-refractivity contribution < 1.29 is 92.5 Å². The monoisotopic (exact) mass is 1740 g/mol. The predicted octanol–water partition coefficient (Wildman–Crippen LogP) is 31.4. The van der Waals surface area contributed by atoms with Crippen LogP contribution in [0.2, 0.25) is 0 Å². The maximum absolute atomic E-state index is 14.6. The Morgan fingerprint density at radius 3 is 1.26 bits per heavy atom. The molecule has 654 valence electrons. The fourth-order valence-electron chi connectivity index (χ4n) is 14.2. The molecule has 1 heterocycles. The molecule has 13 aromatic rings. The number of nitrogens with zero attached hydrogens (tertiary/aromatic N) is 2. The predicted molar refractivity (Wildman–Crippen MR) is 451 cm³/mol. The number of rotatable bonds is 26. The van der Waals surface area contributed by atoms with Gasteiger partial charge in [0.25, 0.3) is 0 Å². The SMILES string of the molecule is CCCCCCCc1ccc(-c2cnc(CCC)cn2)cc1.CCCCc1ccc(-c2ccc(-c3ccc(C)c(F)c3F)cc2)c(F)c1F.CCCCc1ccc(-c2ccc(-c3ccc(F)c(F)c3)c(F)c2)c(F)c1.CCCOc1cc2c(c(F)c1F)-c1c(cc(F)c(F)c1F)C2.CCCc1ccc(-c2c(F)c(F)c(-c3cc(F)c(F)c(F)c3)c(F)c2F)cc1. The molecule has 0 spiro atoms. The average Bonchev–Trinajstić information content (AvgIpc) is 1.55. The quantitative estimate of drug-likeness (QED) is 0.0235. The zero-order valence-electron chi connectivity index (χ0n) is 69.7. The minimum Gasteiger partial charge on any atom is -0.490 e. The number of aromatic nitrogens is 2. The summed E-state index contributed by atoms with van der Waals surface area (Å²) in [7, 11) is 0. The van der Waals surface area contributed by atoms with E-state index in [1.807, 2.05) is 32.3 Å². The molecule has 0 N–H and O–H groups in total. The fourth-order valence-corrected chi connectivity index (χ4v) is 14.2. The van der Waals surface area contributed by atoms with Crippen molar-refractivity contribution in [3.8, 4) is 94.9 Å². The van der Waals surface area contributed by atoms with Crippen molar-refractivity contribution in [2.24, 2.45) is 0 Å². The summed E-state index contributed by atoms with van der Waals surface area (Å²) in [5.41, 5.74) is 5.60. The highest BCUT2D eigenvalue weighted by molar-refractivity contribution is 5.80. The van der Waals surface area contributed by atoms with Crippen LogP contribution in [0, 0.1) is 123 Å². The highest BCUT2D eigenvalue weighted by Gasteiger charge is 2.34. The van der Waals surface area contributed by atoms with E-state index in [9.17, 15) is 87.8 Å². The minimum atomic E-state index is -1.87. The summed E-state index contributed by atoms with van der Waals surface area (Å²) in [5, 5.41) is 0. The molecule has 0 aliphatic heterocycles. The maximum Gasteiger partial charge on any atom is 0.201 e. The summed E-state index contributed by atoms with van der Waals surface area (Å²) in [6.07, 6.45) is 20.9. The molecule has 14 rings (SSSR count). The molecule has 1 aromatic heterocycles. The van der Waals surface area contributed by atoms with E-state index in [1.165, 1.54) is 106 Å². The van der Waals surface area contributed by atoms with E-state index in [2.05, 4.69) is 55.0 Å². The van der Waals surface area contributed by atoms with Crippen molar-refractivity contribution in [1.29, 1.82) is 0 Å². The lowest BCUT2D eigenvalue weighted by atomic mass is 9.96. The van der Waals surface area contributed by atoms with Crippen LogP contribution in [-0.4, -0.2) is 16.6 Å². The fraction of sp³-hybridized carbons (Fsp3) is 0.255. The number of ether oxygens (including phenoxy) is 1. The Morgan fingerprint density at radius 1 is 0.264 bits per heavy atom. The van der Waals surface area contributed by atoms with Crippen LogP contribution in [0.25, 0.3) is 89.1 Å². The van der Waals surface area contributed by atoms with Crippen LogP contribution in [0.4, 0.5) is 87.8 Å². The molecule has 0 saturated heterocycles. The van der Waals surface area contributed by atoms with Crippen molar-refractivity contribution in [3.05, 3.63) is 349 Å². The summed E-state index contributed by atoms with van der Waals surface area (Å²) in [4.78, 5) is 9.01. The largest absolute Gasteiger partial charge is 0.490 e. The van der Waals surface area contributed by atoms with Crippen LogP contribution >= 0.6 is 0 Å². The number of benzene rings is 12. The third kappa shape index (κ3) is 23.2. The Bertz CT molecular complexity index is 5850. The van der Waals surface area contributed by atoms with Gasteiger partial charge >= 0.3 is 0 Å². The summed E-state index contributed by atoms with van der Waals surface area (Å²) >= 11 is 0. The van der Waals surface area contributed by atoms with E-state index in [0.717, 1.165) is 97.6 Å². The lowest BCUT2D eigenvalue weighted by molar-refractivity contribution is 0.295. The van der Waals surface area contributed by atoms with Gasteiger partial charge in [-0.1, -0.05) is 220 Å². The van der Waals surface area contributed by atoms with Crippen LogP contribution in [-0.2, 0) is 38.5 Å². The minimum absolute atomic E-state index is 0.0154. The van der Waals surface area contributed by atoms with Gasteiger partial charge in [0, 0.05) is 45.1 Å². The van der Waals surface area contributed by atoms with E-state index in [0.29, 0.717) is 47.1 Å². The van der Waals surface area contributed by atoms with Crippen molar-refractivity contribution in [3.63, 3.8) is 0 Å². The molecular weight excluding hydrogens is 1650 g/mol. The Hall–Kier alpha value is -11.9. The second kappa shape index (κ2) is 44.6. The topological polar surface area (TPSA) is 35.0 Å². The second-order valence-corrected chi connectivity index (χ2v) is 30.2. The van der Waals surface area contributed by atoms with Gasteiger partial charge in [0.15, 0.2) is 105 Å². The van der Waals surface area contributed by atoms with E-state index in [4.69, 9.17) is 4.74 Å². The summed E-state index contributed by atoms with van der Waals surface area (Å²) in [6, 6.07) is 42.1. The molecule has 1 aliphatic rings. The lowest BCUT2D eigenvalue weighted by Crippen LogP contribution is -2.04. The Kier molecular flexibility index (Phi) is 34.0. The van der Waals surface area contributed by atoms with Crippen LogP contribution in [0.15, 0.2) is 188 Å². The lowest BCUT2D eigenvalue weighted by Gasteiger charge is -2.13. The zero-order chi connectivity index (χ0) is 90.5. The molecule has 0 saturated carbocycles. The van der Waals surface area contributed by atoms with E-state index in [-0.39, 0.29) is 81.0 Å². The highest BCUT2D eigenvalue weighted by Crippen LogP contribution is 2.46. The molecule has 0 amide bonds. The molecule has 0 unspecified atom stereocenters. The third-order valence-corrected chi connectivity index (χ3v) is 21.0. The van der Waals surface area contributed by atoms with Gasteiger partial charge in [0.1, 0.15) is 11.6 Å². The molecule has 1 aliphatic carbocycles. The molecule has 0 radical (unpaired) electrons. The number of halogens is 20. The van der Waals surface area contributed by atoms with Crippen LogP contribution in [0.1, 0.15) is 163 Å². The van der Waals surface area contributed by atoms with Crippen LogP contribution in [0.3, 0.4) is 0 Å². The highest BCUT2D eigenvalue weighted by atomic mass is 19.2. The molecule has 125 heavy (non-hydrogen) atoms. The van der Waals surface area contributed by atoms with Crippen molar-refractivity contribution in [2.75, 3.05) is 6.61 Å². The number of aryl methyl sites for hydroxylation is 6. The molecule has 0 bridgehead atoms. The Balaban J connectivity index is 0.000000164. The van der Waals surface area contributed by atoms with Crippen molar-refractivity contribution in [2.45, 2.75) is 164 Å². The van der Waals surface area contributed by atoms with Crippen LogP contribution in [0.5, 0.6) is 5.75 Å². The number of hydrogen-bond acceptors (Lipinski definition) is 3. The van der Waals surface area contributed by atoms with Gasteiger partial charge in [-0.25, -0.2) is 83.4 Å². The first kappa shape index (κ1) is 95.4. The third-order valence-electron chi connectivity index (χ3n) is 21.0. The summed E-state index contributed by atoms with van der Waals surface area (Å²) in [6.45, 7) is 13.9. The standard InChI is InChI=1S/C23H20F4.C22H18F4.C21H13F7.C20H28N2.C16H11F5O/c1-3-4-5-17-11-13-19(23(27)21(17)25)16-9-7-15(8-10-16)18-12-6-14(2)20(24)22(18)26;1-2-3-4-14-5-8-17(20(24)11-14)15-6-9-18(21(25)12-15)16-7-10-19(23)22(26)13-16;1-2-3-10-4-6-11(7-5-10)15-18(25)20(27)16(21(28)19(15)26)12-8-13(22)17(24)14(23)9-12;1-3-5-6-7-8-10-17-11-13-18(14-12-17)20-16-21-19(9-4-2)15-22-20;1-2-3-22-10-6-8-4-7-5-9(17)13(18)15(20)11(7)12(8)16(21)14(10)19/h6-13H,3-5H2,1-2H3;5-13H,2-4H2,1H3;4-9H,2-3H2,1H3;11-16H,3-10H2,1-2H3;5-6H,2-4H2,1H3. The maximum atomic E-state index is 14.6. The van der Waals surface area contributed by atoms with E-state index >= 15 is 0 Å². The van der Waals surface area contributed by atoms with E-state index < -0.39 is 139 Å². The van der Waals surface area contributed by atoms with Crippen molar-refractivity contribution in [1.82, 2.24) is 9.97 Å². The summed E-state index contributed by atoms with van der Waals surface area (Å²) in [5.74, 6) is -26.4. The Labute approximate surface area is 713 Å². The normalized spacial score (nSPS) is 11.2. The molecule has 0 atom stereocenters. The first-order valence-corrected chi connectivity index (χ1v) is 41.3.